The van der Waals surface area contributed by atoms with Crippen LogP contribution in [0.1, 0.15) is 45.4 Å². The summed E-state index contributed by atoms with van der Waals surface area (Å²) in [5, 5.41) is 8.73. The van der Waals surface area contributed by atoms with Crippen molar-refractivity contribution in [3.05, 3.63) is 23.6 Å². The predicted octanol–water partition coefficient (Wildman–Crippen LogP) is 2.75. The lowest BCUT2D eigenvalue weighted by Gasteiger charge is -2.34. The number of anilines is 1. The fourth-order valence-corrected chi connectivity index (χ4v) is 3.82. The topological polar surface area (TPSA) is 59.7 Å². The molecule has 2 aromatic rings. The maximum absolute atomic E-state index is 6.08. The number of hydrogen-bond acceptors (Lipinski definition) is 5. The molecule has 1 saturated carbocycles. The molecule has 0 radical (unpaired) electrons. The molecule has 3 heterocycles. The van der Waals surface area contributed by atoms with Gasteiger partial charge in [0.05, 0.1) is 6.20 Å². The van der Waals surface area contributed by atoms with E-state index in [1.54, 1.807) is 12.5 Å². The lowest BCUT2D eigenvalue weighted by molar-refractivity contribution is 0.451. The molecule has 1 aliphatic carbocycles. The van der Waals surface area contributed by atoms with E-state index in [1.165, 1.54) is 25.7 Å². The number of hydrogen-bond donors (Lipinski definition) is 0. The predicted molar refractivity (Wildman–Crippen MR) is 84.6 cm³/mol. The SMILES string of the molecule is CC1(C)CN(C2CCCC2)c2nc(Cl)ncc2-n2cnnc21. The smallest absolute Gasteiger partial charge is 0.224 e. The van der Waals surface area contributed by atoms with Crippen LogP contribution in [0.2, 0.25) is 5.28 Å². The quantitative estimate of drug-likeness (QED) is 0.757. The van der Waals surface area contributed by atoms with Crippen molar-refractivity contribution in [3.63, 3.8) is 0 Å². The van der Waals surface area contributed by atoms with E-state index in [1.807, 2.05) is 4.57 Å². The highest BCUT2D eigenvalue weighted by molar-refractivity contribution is 6.28. The molecule has 0 bridgehead atoms. The monoisotopic (exact) mass is 318 g/mol. The Balaban J connectivity index is 1.92. The molecule has 0 N–H and O–H groups in total. The summed E-state index contributed by atoms with van der Waals surface area (Å²) in [7, 11) is 0. The average molecular weight is 319 g/mol. The van der Waals surface area contributed by atoms with Crippen LogP contribution in [0.5, 0.6) is 0 Å². The van der Waals surface area contributed by atoms with E-state index in [9.17, 15) is 0 Å². The summed E-state index contributed by atoms with van der Waals surface area (Å²) < 4.78 is 2.00. The Bertz CT molecular complexity index is 704. The van der Waals surface area contributed by atoms with Crippen molar-refractivity contribution < 1.29 is 0 Å². The van der Waals surface area contributed by atoms with Gasteiger partial charge in [-0.05, 0) is 24.4 Å². The molecular weight excluding hydrogens is 300 g/mol. The van der Waals surface area contributed by atoms with Gasteiger partial charge in [0.15, 0.2) is 5.82 Å². The zero-order valence-electron chi connectivity index (χ0n) is 12.8. The van der Waals surface area contributed by atoms with E-state index in [-0.39, 0.29) is 10.7 Å². The van der Waals surface area contributed by atoms with Crippen LogP contribution in [0.3, 0.4) is 0 Å². The largest absolute Gasteiger partial charge is 0.351 e. The van der Waals surface area contributed by atoms with Crippen LogP contribution in [0.4, 0.5) is 5.82 Å². The summed E-state index contributed by atoms with van der Waals surface area (Å²) >= 11 is 6.08. The maximum Gasteiger partial charge on any atom is 0.224 e. The second-order valence-corrected chi connectivity index (χ2v) is 7.16. The average Bonchev–Trinajstić information content (AvgIpc) is 3.14. The molecule has 0 aromatic carbocycles. The molecule has 0 unspecified atom stereocenters. The van der Waals surface area contributed by atoms with Gasteiger partial charge in [-0.25, -0.2) is 4.98 Å². The second-order valence-electron chi connectivity index (χ2n) is 6.82. The molecule has 116 valence electrons. The highest BCUT2D eigenvalue weighted by Gasteiger charge is 2.38. The van der Waals surface area contributed by atoms with E-state index >= 15 is 0 Å². The zero-order valence-corrected chi connectivity index (χ0v) is 13.6. The zero-order chi connectivity index (χ0) is 15.3. The van der Waals surface area contributed by atoms with Crippen molar-refractivity contribution in [1.29, 1.82) is 0 Å². The summed E-state index contributed by atoms with van der Waals surface area (Å²) in [6, 6.07) is 0.515. The van der Waals surface area contributed by atoms with Crippen LogP contribution in [0.15, 0.2) is 12.5 Å². The van der Waals surface area contributed by atoms with Gasteiger partial charge < -0.3 is 4.90 Å². The van der Waals surface area contributed by atoms with Gasteiger partial charge in [-0.3, -0.25) is 4.57 Å². The summed E-state index contributed by atoms with van der Waals surface area (Å²) in [5.74, 6) is 1.85. The molecule has 2 aromatic heterocycles. The molecule has 4 rings (SSSR count). The molecule has 1 aliphatic heterocycles. The van der Waals surface area contributed by atoms with Gasteiger partial charge in [0.1, 0.15) is 17.8 Å². The third-order valence-corrected chi connectivity index (χ3v) is 4.92. The standard InChI is InChI=1S/C15H19ClN6/c1-15(2)8-21(10-5-3-4-6-10)12-11(7-17-14(16)19-12)22-9-18-20-13(15)22/h7,9-10H,3-6,8H2,1-2H3. The highest BCUT2D eigenvalue weighted by atomic mass is 35.5. The Morgan fingerprint density at radius 1 is 1.27 bits per heavy atom. The summed E-state index contributed by atoms with van der Waals surface area (Å²) in [6.07, 6.45) is 8.49. The van der Waals surface area contributed by atoms with Gasteiger partial charge in [-0.1, -0.05) is 26.7 Å². The Hall–Kier alpha value is -1.69. The molecule has 0 saturated heterocycles. The van der Waals surface area contributed by atoms with Gasteiger partial charge in [0, 0.05) is 18.0 Å². The molecule has 0 spiro atoms. The number of rotatable bonds is 1. The number of halogens is 1. The normalized spacial score (nSPS) is 20.6. The van der Waals surface area contributed by atoms with Crippen LogP contribution in [-0.2, 0) is 5.41 Å². The van der Waals surface area contributed by atoms with Crippen molar-refractivity contribution in [2.45, 2.75) is 51.0 Å². The van der Waals surface area contributed by atoms with Crippen molar-refractivity contribution in [1.82, 2.24) is 24.7 Å². The number of aromatic nitrogens is 5. The van der Waals surface area contributed by atoms with Crippen LogP contribution >= 0.6 is 11.6 Å². The van der Waals surface area contributed by atoms with Crippen LogP contribution in [-0.4, -0.2) is 37.3 Å². The van der Waals surface area contributed by atoms with Gasteiger partial charge in [-0.15, -0.1) is 10.2 Å². The summed E-state index contributed by atoms with van der Waals surface area (Å²) in [4.78, 5) is 11.1. The minimum absolute atomic E-state index is 0.119. The van der Waals surface area contributed by atoms with E-state index < -0.39 is 0 Å². The molecule has 0 amide bonds. The van der Waals surface area contributed by atoms with E-state index in [0.717, 1.165) is 23.9 Å². The lowest BCUT2D eigenvalue weighted by atomic mass is 9.91. The van der Waals surface area contributed by atoms with Crippen LogP contribution < -0.4 is 4.90 Å². The van der Waals surface area contributed by atoms with Gasteiger partial charge >= 0.3 is 0 Å². The maximum atomic E-state index is 6.08. The first-order chi connectivity index (χ1) is 10.6. The molecule has 22 heavy (non-hydrogen) atoms. The third-order valence-electron chi connectivity index (χ3n) is 4.74. The summed E-state index contributed by atoms with van der Waals surface area (Å²) in [5.41, 5.74) is 0.800. The molecule has 6 nitrogen and oxygen atoms in total. The Labute approximate surface area is 134 Å². The highest BCUT2D eigenvalue weighted by Crippen LogP contribution is 2.38. The molecule has 2 aliphatic rings. The fourth-order valence-electron chi connectivity index (χ4n) is 3.69. The minimum Gasteiger partial charge on any atom is -0.351 e. The first-order valence-corrected chi connectivity index (χ1v) is 8.14. The fraction of sp³-hybridized carbons (Fsp3) is 0.600. The Morgan fingerprint density at radius 2 is 2.05 bits per heavy atom. The molecule has 1 fully saturated rings. The van der Waals surface area contributed by atoms with Gasteiger partial charge in [-0.2, -0.15) is 4.98 Å². The Morgan fingerprint density at radius 3 is 2.82 bits per heavy atom. The molecule has 0 atom stereocenters. The molecular formula is C15H19ClN6. The molecule has 7 heteroatoms. The van der Waals surface area contributed by atoms with E-state index in [4.69, 9.17) is 11.6 Å². The van der Waals surface area contributed by atoms with Crippen LogP contribution in [0, 0.1) is 0 Å². The van der Waals surface area contributed by atoms with E-state index in [2.05, 4.69) is 38.9 Å². The first kappa shape index (κ1) is 13.9. The number of fused-ring (bicyclic) bond motifs is 3. The van der Waals surface area contributed by atoms with E-state index in [0.29, 0.717) is 6.04 Å². The van der Waals surface area contributed by atoms with Crippen molar-refractivity contribution >= 4 is 17.4 Å². The van der Waals surface area contributed by atoms with Gasteiger partial charge in [0.25, 0.3) is 0 Å². The first-order valence-electron chi connectivity index (χ1n) is 7.76. The second kappa shape index (κ2) is 4.91. The lowest BCUT2D eigenvalue weighted by Crippen LogP contribution is -2.42. The third kappa shape index (κ3) is 2.08. The van der Waals surface area contributed by atoms with Crippen molar-refractivity contribution in [2.75, 3.05) is 11.4 Å². The minimum atomic E-state index is -0.119. The number of nitrogens with zero attached hydrogens (tertiary/aromatic N) is 6. The van der Waals surface area contributed by atoms with Crippen LogP contribution in [0.25, 0.3) is 5.69 Å². The van der Waals surface area contributed by atoms with Crippen molar-refractivity contribution in [2.24, 2.45) is 0 Å². The Kier molecular flexibility index (Phi) is 3.11. The summed E-state index contributed by atoms with van der Waals surface area (Å²) in [6.45, 7) is 5.27. The van der Waals surface area contributed by atoms with Crippen molar-refractivity contribution in [3.8, 4) is 5.69 Å². The van der Waals surface area contributed by atoms with Gasteiger partial charge in [0.2, 0.25) is 5.28 Å².